The van der Waals surface area contributed by atoms with Crippen molar-refractivity contribution in [3.05, 3.63) is 65.2 Å². The van der Waals surface area contributed by atoms with E-state index in [-0.39, 0.29) is 5.54 Å². The average Bonchev–Trinajstić information content (AvgIpc) is 2.40. The summed E-state index contributed by atoms with van der Waals surface area (Å²) < 4.78 is 0. The van der Waals surface area contributed by atoms with E-state index in [2.05, 4.69) is 49.5 Å². The van der Waals surface area contributed by atoms with Crippen LogP contribution < -0.4 is 11.1 Å². The summed E-state index contributed by atoms with van der Waals surface area (Å²) in [5, 5.41) is 3.63. The molecule has 2 nitrogen and oxygen atoms in total. The summed E-state index contributed by atoms with van der Waals surface area (Å²) in [5.41, 5.74) is 11.8. The zero-order chi connectivity index (χ0) is 14.2. The highest BCUT2D eigenvalue weighted by Crippen LogP contribution is 2.31. The molecule has 0 atom stereocenters. The second-order valence-corrected chi connectivity index (χ2v) is 6.03. The molecule has 0 saturated heterocycles. The molecule has 20 heavy (non-hydrogen) atoms. The first kappa shape index (κ1) is 12.8. The Kier molecular flexibility index (Phi) is 3.01. The lowest BCUT2D eigenvalue weighted by atomic mass is 9.85. The Labute approximate surface area is 120 Å². The minimum absolute atomic E-state index is 0.0593. The number of benzene rings is 2. The highest BCUT2D eigenvalue weighted by molar-refractivity contribution is 5.86. The van der Waals surface area contributed by atoms with Crippen LogP contribution in [0, 0.1) is 0 Å². The number of hydrogen-bond acceptors (Lipinski definition) is 2. The maximum Gasteiger partial charge on any atom is 0.0427 e. The van der Waals surface area contributed by atoms with Crippen molar-refractivity contribution >= 4 is 17.5 Å². The summed E-state index contributed by atoms with van der Waals surface area (Å²) in [6, 6.07) is 16.5. The molecule has 2 heteroatoms. The zero-order valence-electron chi connectivity index (χ0n) is 12.0. The summed E-state index contributed by atoms with van der Waals surface area (Å²) in [7, 11) is 0. The molecule has 0 spiro atoms. The Morgan fingerprint density at radius 1 is 1.05 bits per heavy atom. The van der Waals surface area contributed by atoms with E-state index in [1.54, 1.807) is 0 Å². The standard InChI is InChI=1S/C18H20N2/c1-18(2)12-14-8-3-5-9-15(14)17(20-18)11-13-7-4-6-10-16(13)19/h3-11,20H,12,19H2,1-2H3/b17-11+. The fourth-order valence-electron chi connectivity index (χ4n) is 2.80. The third-order valence-electron chi connectivity index (χ3n) is 3.71. The Morgan fingerprint density at radius 3 is 2.55 bits per heavy atom. The minimum Gasteiger partial charge on any atom is -0.398 e. The number of nitrogen functional groups attached to an aromatic ring is 1. The number of nitrogens with one attached hydrogen (secondary N) is 1. The van der Waals surface area contributed by atoms with Crippen LogP contribution >= 0.6 is 0 Å². The van der Waals surface area contributed by atoms with Crippen molar-refractivity contribution in [1.29, 1.82) is 0 Å². The molecule has 0 aromatic heterocycles. The molecule has 3 rings (SSSR count). The molecule has 2 aromatic rings. The number of hydrogen-bond donors (Lipinski definition) is 2. The number of para-hydroxylation sites is 1. The molecule has 0 fully saturated rings. The van der Waals surface area contributed by atoms with Gasteiger partial charge in [0, 0.05) is 22.5 Å². The van der Waals surface area contributed by atoms with Gasteiger partial charge in [-0.1, -0.05) is 42.5 Å². The van der Waals surface area contributed by atoms with Crippen LogP contribution in [0.3, 0.4) is 0 Å². The van der Waals surface area contributed by atoms with Crippen LogP contribution in [0.5, 0.6) is 0 Å². The number of rotatable bonds is 1. The third-order valence-corrected chi connectivity index (χ3v) is 3.71. The number of fused-ring (bicyclic) bond motifs is 1. The average molecular weight is 264 g/mol. The first-order valence-corrected chi connectivity index (χ1v) is 6.98. The Morgan fingerprint density at radius 2 is 1.75 bits per heavy atom. The van der Waals surface area contributed by atoms with E-state index in [1.807, 2.05) is 24.3 Å². The van der Waals surface area contributed by atoms with Gasteiger partial charge in [-0.05, 0) is 43.5 Å². The van der Waals surface area contributed by atoms with E-state index >= 15 is 0 Å². The van der Waals surface area contributed by atoms with Crippen LogP contribution in [0.1, 0.15) is 30.5 Å². The molecule has 1 aliphatic heterocycles. The maximum absolute atomic E-state index is 6.05. The van der Waals surface area contributed by atoms with E-state index < -0.39 is 0 Å². The van der Waals surface area contributed by atoms with Gasteiger partial charge in [0.05, 0.1) is 0 Å². The van der Waals surface area contributed by atoms with Gasteiger partial charge in [-0.25, -0.2) is 0 Å². The van der Waals surface area contributed by atoms with Crippen LogP contribution in [0.15, 0.2) is 48.5 Å². The molecule has 0 radical (unpaired) electrons. The largest absolute Gasteiger partial charge is 0.398 e. The normalized spacial score (nSPS) is 18.4. The quantitative estimate of drug-likeness (QED) is 0.771. The molecule has 1 heterocycles. The molecule has 2 aromatic carbocycles. The molecule has 3 N–H and O–H groups in total. The van der Waals surface area contributed by atoms with Crippen molar-refractivity contribution in [3.8, 4) is 0 Å². The third kappa shape index (κ3) is 2.42. The van der Waals surface area contributed by atoms with Crippen LogP contribution in [0.2, 0.25) is 0 Å². The van der Waals surface area contributed by atoms with Crippen LogP contribution in [0.4, 0.5) is 5.69 Å². The fourth-order valence-corrected chi connectivity index (χ4v) is 2.80. The predicted octanol–water partition coefficient (Wildman–Crippen LogP) is 3.69. The second-order valence-electron chi connectivity index (χ2n) is 6.03. The summed E-state index contributed by atoms with van der Waals surface area (Å²) in [6.07, 6.45) is 3.18. The van der Waals surface area contributed by atoms with E-state index in [0.29, 0.717) is 0 Å². The van der Waals surface area contributed by atoms with Crippen molar-refractivity contribution in [2.45, 2.75) is 25.8 Å². The predicted molar refractivity (Wildman–Crippen MR) is 86.1 cm³/mol. The number of nitrogens with two attached hydrogens (primary N) is 1. The SMILES string of the molecule is CC1(C)Cc2ccccc2/C(=C\c2ccccc2N)N1. The van der Waals surface area contributed by atoms with Gasteiger partial charge in [-0.15, -0.1) is 0 Å². The Bertz CT molecular complexity index is 669. The van der Waals surface area contributed by atoms with Crippen molar-refractivity contribution in [3.63, 3.8) is 0 Å². The zero-order valence-corrected chi connectivity index (χ0v) is 12.0. The highest BCUT2D eigenvalue weighted by Gasteiger charge is 2.27. The maximum atomic E-state index is 6.05. The first-order valence-electron chi connectivity index (χ1n) is 6.98. The van der Waals surface area contributed by atoms with Gasteiger partial charge in [0.15, 0.2) is 0 Å². The Balaban J connectivity index is 2.12. The smallest absolute Gasteiger partial charge is 0.0427 e. The van der Waals surface area contributed by atoms with Crippen LogP contribution in [-0.4, -0.2) is 5.54 Å². The highest BCUT2D eigenvalue weighted by atomic mass is 15.0. The summed E-state index contributed by atoms with van der Waals surface area (Å²) >= 11 is 0. The van der Waals surface area contributed by atoms with E-state index in [1.165, 1.54) is 11.1 Å². The lowest BCUT2D eigenvalue weighted by Gasteiger charge is -2.35. The lowest BCUT2D eigenvalue weighted by Crippen LogP contribution is -2.43. The molecule has 0 bridgehead atoms. The molecule has 0 aliphatic carbocycles. The molecule has 0 saturated carbocycles. The summed E-state index contributed by atoms with van der Waals surface area (Å²) in [6.45, 7) is 4.45. The van der Waals surface area contributed by atoms with E-state index in [9.17, 15) is 0 Å². The van der Waals surface area contributed by atoms with Gasteiger partial charge in [0.25, 0.3) is 0 Å². The second kappa shape index (κ2) is 4.71. The summed E-state index contributed by atoms with van der Waals surface area (Å²) in [4.78, 5) is 0. The van der Waals surface area contributed by atoms with Gasteiger partial charge in [-0.2, -0.15) is 0 Å². The van der Waals surface area contributed by atoms with Gasteiger partial charge >= 0.3 is 0 Å². The molecule has 102 valence electrons. The molecular formula is C18H20N2. The first-order chi connectivity index (χ1) is 9.55. The van der Waals surface area contributed by atoms with E-state index in [4.69, 9.17) is 5.73 Å². The van der Waals surface area contributed by atoms with Gasteiger partial charge in [0.2, 0.25) is 0 Å². The van der Waals surface area contributed by atoms with Gasteiger partial charge in [-0.3, -0.25) is 0 Å². The van der Waals surface area contributed by atoms with Crippen molar-refractivity contribution < 1.29 is 0 Å². The molecular weight excluding hydrogens is 244 g/mol. The lowest BCUT2D eigenvalue weighted by molar-refractivity contribution is 0.438. The van der Waals surface area contributed by atoms with Gasteiger partial charge in [0.1, 0.15) is 0 Å². The molecule has 0 unspecified atom stereocenters. The monoisotopic (exact) mass is 264 g/mol. The van der Waals surface area contributed by atoms with Crippen molar-refractivity contribution in [2.75, 3.05) is 5.73 Å². The summed E-state index contributed by atoms with van der Waals surface area (Å²) in [5.74, 6) is 0. The van der Waals surface area contributed by atoms with E-state index in [0.717, 1.165) is 23.4 Å². The van der Waals surface area contributed by atoms with Crippen molar-refractivity contribution in [2.24, 2.45) is 0 Å². The fraction of sp³-hybridized carbons (Fsp3) is 0.222. The van der Waals surface area contributed by atoms with Crippen LogP contribution in [0.25, 0.3) is 11.8 Å². The van der Waals surface area contributed by atoms with Crippen LogP contribution in [-0.2, 0) is 6.42 Å². The topological polar surface area (TPSA) is 38.0 Å². The van der Waals surface area contributed by atoms with Crippen molar-refractivity contribution in [1.82, 2.24) is 5.32 Å². The number of anilines is 1. The van der Waals surface area contributed by atoms with Gasteiger partial charge < -0.3 is 11.1 Å². The molecule has 1 aliphatic rings. The minimum atomic E-state index is 0.0593. The Hall–Kier alpha value is -2.22. The molecule has 0 amide bonds.